The van der Waals surface area contributed by atoms with Crippen molar-refractivity contribution in [3.05, 3.63) is 82.2 Å². The van der Waals surface area contributed by atoms with Crippen molar-refractivity contribution in [3.63, 3.8) is 0 Å². The van der Waals surface area contributed by atoms with E-state index in [-0.39, 0.29) is 29.5 Å². The van der Waals surface area contributed by atoms with E-state index < -0.39 is 5.92 Å². The van der Waals surface area contributed by atoms with Gasteiger partial charge in [-0.25, -0.2) is 4.79 Å². The highest BCUT2D eigenvalue weighted by Gasteiger charge is 2.42. The molecule has 1 saturated carbocycles. The number of phenols is 1. The van der Waals surface area contributed by atoms with Gasteiger partial charge in [0.05, 0.1) is 12.2 Å². The van der Waals surface area contributed by atoms with Gasteiger partial charge in [0, 0.05) is 29.3 Å². The van der Waals surface area contributed by atoms with Gasteiger partial charge in [-0.15, -0.1) is 0 Å². The molecule has 6 nitrogen and oxygen atoms in total. The second-order valence-corrected chi connectivity index (χ2v) is 9.90. The van der Waals surface area contributed by atoms with Gasteiger partial charge in [0.2, 0.25) is 0 Å². The van der Waals surface area contributed by atoms with Crippen LogP contribution in [0.15, 0.2) is 71.1 Å². The molecule has 0 bridgehead atoms. The van der Waals surface area contributed by atoms with Gasteiger partial charge in [0.15, 0.2) is 17.3 Å². The van der Waals surface area contributed by atoms with Crippen molar-refractivity contribution in [3.8, 4) is 11.5 Å². The van der Waals surface area contributed by atoms with Crippen LogP contribution in [0.5, 0.6) is 11.5 Å². The van der Waals surface area contributed by atoms with E-state index in [9.17, 15) is 14.7 Å². The minimum absolute atomic E-state index is 0.0207. The zero-order chi connectivity index (χ0) is 25.2. The molecule has 3 aliphatic rings. The molecule has 6 heteroatoms. The van der Waals surface area contributed by atoms with Gasteiger partial charge in [-0.1, -0.05) is 36.4 Å². The molecular weight excluding hydrogens is 454 g/mol. The summed E-state index contributed by atoms with van der Waals surface area (Å²) >= 11 is 0. The Hall–Kier alpha value is -3.54. The van der Waals surface area contributed by atoms with Gasteiger partial charge in [-0.2, -0.15) is 0 Å². The Morgan fingerprint density at radius 1 is 1.06 bits per heavy atom. The van der Waals surface area contributed by atoms with Gasteiger partial charge < -0.3 is 19.9 Å². The molecule has 0 saturated heterocycles. The van der Waals surface area contributed by atoms with Crippen LogP contribution in [0.2, 0.25) is 0 Å². The third-order valence-corrected chi connectivity index (χ3v) is 7.51. The van der Waals surface area contributed by atoms with Crippen LogP contribution < -0.4 is 10.1 Å². The van der Waals surface area contributed by atoms with Gasteiger partial charge in [0.25, 0.3) is 0 Å². The van der Waals surface area contributed by atoms with E-state index in [0.717, 1.165) is 42.5 Å². The lowest BCUT2D eigenvalue weighted by atomic mass is 9.71. The molecule has 1 heterocycles. The number of hydrogen-bond acceptors (Lipinski definition) is 6. The number of benzene rings is 2. The molecule has 1 aliphatic heterocycles. The van der Waals surface area contributed by atoms with Crippen LogP contribution in [0.25, 0.3) is 0 Å². The van der Waals surface area contributed by atoms with Crippen molar-refractivity contribution in [2.45, 2.75) is 70.3 Å². The summed E-state index contributed by atoms with van der Waals surface area (Å²) in [5.74, 6) is -0.510. The standard InChI is InChI=1S/C30H33NO5/c1-3-35-26-17-20(13-14-24(26)32)28-27(30(34)36-22-11-7-8-12-22)18(2)31-23-15-21(16-25(33)29(23)28)19-9-5-4-6-10-19/h4-6,9-10,13-14,17,21-22,28,31-32H,3,7-8,11-12,15-16H2,1-2H3/t21-,28-/m0/s1. The lowest BCUT2D eigenvalue weighted by molar-refractivity contribution is -0.144. The van der Waals surface area contributed by atoms with Crippen molar-refractivity contribution in [1.29, 1.82) is 0 Å². The van der Waals surface area contributed by atoms with Crippen LogP contribution in [0, 0.1) is 0 Å². The number of aromatic hydroxyl groups is 1. The number of hydrogen-bond donors (Lipinski definition) is 2. The monoisotopic (exact) mass is 487 g/mol. The van der Waals surface area contributed by atoms with Gasteiger partial charge in [-0.3, -0.25) is 4.79 Å². The Morgan fingerprint density at radius 2 is 1.81 bits per heavy atom. The van der Waals surface area contributed by atoms with Crippen LogP contribution in [-0.2, 0) is 14.3 Å². The third kappa shape index (κ3) is 4.64. The van der Waals surface area contributed by atoms with Crippen molar-refractivity contribution in [2.75, 3.05) is 6.61 Å². The largest absolute Gasteiger partial charge is 0.504 e. The molecule has 5 rings (SSSR count). The van der Waals surface area contributed by atoms with E-state index in [2.05, 4.69) is 17.4 Å². The molecule has 1 fully saturated rings. The number of carbonyl (C=O) groups excluding carboxylic acids is 2. The van der Waals surface area contributed by atoms with Crippen molar-refractivity contribution in [2.24, 2.45) is 0 Å². The number of ketones is 1. The summed E-state index contributed by atoms with van der Waals surface area (Å²) in [5.41, 5.74) is 4.49. The van der Waals surface area contributed by atoms with E-state index in [1.54, 1.807) is 18.2 Å². The molecular formula is C30H33NO5. The van der Waals surface area contributed by atoms with Crippen molar-refractivity contribution >= 4 is 11.8 Å². The van der Waals surface area contributed by atoms with Crippen LogP contribution >= 0.6 is 0 Å². The van der Waals surface area contributed by atoms with Gasteiger partial charge in [-0.05, 0) is 75.1 Å². The molecule has 0 radical (unpaired) electrons. The minimum Gasteiger partial charge on any atom is -0.504 e. The number of phenolic OH excluding ortho intramolecular Hbond substituents is 1. The number of carbonyl (C=O) groups is 2. The second-order valence-electron chi connectivity index (χ2n) is 9.90. The lowest BCUT2D eigenvalue weighted by Gasteiger charge is -2.37. The molecule has 188 valence electrons. The first kappa shape index (κ1) is 24.2. The summed E-state index contributed by atoms with van der Waals surface area (Å²) in [6.07, 6.45) is 4.83. The summed E-state index contributed by atoms with van der Waals surface area (Å²) in [5, 5.41) is 13.7. The highest BCUT2D eigenvalue weighted by Crippen LogP contribution is 2.47. The fourth-order valence-corrected chi connectivity index (χ4v) is 5.81. The normalized spacial score (nSPS) is 22.3. The van der Waals surface area contributed by atoms with Gasteiger partial charge >= 0.3 is 5.97 Å². The molecule has 2 aromatic carbocycles. The summed E-state index contributed by atoms with van der Waals surface area (Å²) in [6.45, 7) is 4.11. The summed E-state index contributed by atoms with van der Waals surface area (Å²) in [4.78, 5) is 27.3. The summed E-state index contributed by atoms with van der Waals surface area (Å²) < 4.78 is 11.6. The number of allylic oxidation sites excluding steroid dienone is 3. The van der Waals surface area contributed by atoms with Crippen molar-refractivity contribution < 1.29 is 24.2 Å². The van der Waals surface area contributed by atoms with Crippen LogP contribution in [0.3, 0.4) is 0 Å². The quantitative estimate of drug-likeness (QED) is 0.513. The predicted molar refractivity (Wildman–Crippen MR) is 137 cm³/mol. The van der Waals surface area contributed by atoms with E-state index in [0.29, 0.717) is 42.0 Å². The minimum atomic E-state index is -0.584. The van der Waals surface area contributed by atoms with Crippen molar-refractivity contribution in [1.82, 2.24) is 5.32 Å². The smallest absolute Gasteiger partial charge is 0.337 e. The molecule has 2 aliphatic carbocycles. The zero-order valence-corrected chi connectivity index (χ0v) is 20.9. The number of Topliss-reactive ketones (excluding diaryl/α,β-unsaturated/α-hetero) is 1. The maximum atomic E-state index is 13.7. The zero-order valence-electron chi connectivity index (χ0n) is 20.9. The Balaban J connectivity index is 1.57. The first-order chi connectivity index (χ1) is 17.5. The van der Waals surface area contributed by atoms with Crippen LogP contribution in [0.4, 0.5) is 0 Å². The Labute approximate surface area is 212 Å². The van der Waals surface area contributed by atoms with Gasteiger partial charge in [0.1, 0.15) is 6.10 Å². The molecule has 0 aromatic heterocycles. The average molecular weight is 488 g/mol. The summed E-state index contributed by atoms with van der Waals surface area (Å²) in [6, 6.07) is 15.2. The first-order valence-corrected chi connectivity index (χ1v) is 12.9. The van der Waals surface area contributed by atoms with Crippen LogP contribution in [0.1, 0.15) is 75.3 Å². The number of dihydropyridines is 1. The lowest BCUT2D eigenvalue weighted by Crippen LogP contribution is -2.36. The fourth-order valence-electron chi connectivity index (χ4n) is 5.81. The van der Waals surface area contributed by atoms with E-state index >= 15 is 0 Å². The number of rotatable bonds is 6. The first-order valence-electron chi connectivity index (χ1n) is 12.9. The molecule has 0 unspecified atom stereocenters. The fraction of sp³-hybridized carbons (Fsp3) is 0.400. The number of ether oxygens (including phenoxy) is 2. The maximum absolute atomic E-state index is 13.7. The average Bonchev–Trinajstić information content (AvgIpc) is 3.38. The summed E-state index contributed by atoms with van der Waals surface area (Å²) in [7, 11) is 0. The topological polar surface area (TPSA) is 84.9 Å². The highest BCUT2D eigenvalue weighted by molar-refractivity contribution is 6.04. The molecule has 0 spiro atoms. The third-order valence-electron chi connectivity index (χ3n) is 7.51. The number of esters is 1. The Morgan fingerprint density at radius 3 is 2.53 bits per heavy atom. The molecule has 0 amide bonds. The highest BCUT2D eigenvalue weighted by atomic mass is 16.5. The number of nitrogens with one attached hydrogen (secondary N) is 1. The van der Waals surface area contributed by atoms with Crippen LogP contribution in [-0.4, -0.2) is 29.6 Å². The Bertz CT molecular complexity index is 1220. The predicted octanol–water partition coefficient (Wildman–Crippen LogP) is 5.64. The molecule has 2 atom stereocenters. The SMILES string of the molecule is CCOc1cc([C@H]2C(C(=O)OC3CCCC3)=C(C)NC3=C2C(=O)C[C@@H](c2ccccc2)C3)ccc1O. The molecule has 2 N–H and O–H groups in total. The molecule has 2 aromatic rings. The Kier molecular flexibility index (Phi) is 6.86. The second kappa shape index (κ2) is 10.2. The maximum Gasteiger partial charge on any atom is 0.337 e. The molecule has 36 heavy (non-hydrogen) atoms. The van der Waals surface area contributed by atoms with E-state index in [4.69, 9.17) is 9.47 Å². The van der Waals surface area contributed by atoms with E-state index in [1.165, 1.54) is 0 Å². The van der Waals surface area contributed by atoms with E-state index in [1.807, 2.05) is 32.0 Å².